The Balaban J connectivity index is 1.41. The molecule has 0 spiro atoms. The molecule has 0 amide bonds. The van der Waals surface area contributed by atoms with E-state index in [0.29, 0.717) is 10.8 Å². The first kappa shape index (κ1) is 20.9. The van der Waals surface area contributed by atoms with Gasteiger partial charge in [-0.3, -0.25) is 4.90 Å². The van der Waals surface area contributed by atoms with Gasteiger partial charge >= 0.3 is 0 Å². The molecule has 0 aliphatic carbocycles. The first-order chi connectivity index (χ1) is 15.6. The minimum Gasteiger partial charge on any atom is -0.506 e. The van der Waals surface area contributed by atoms with Gasteiger partial charge in [-0.2, -0.15) is 0 Å². The van der Waals surface area contributed by atoms with Crippen molar-refractivity contribution in [3.8, 4) is 5.75 Å². The van der Waals surface area contributed by atoms with Gasteiger partial charge in [0.25, 0.3) is 0 Å². The normalized spacial score (nSPS) is 15.9. The van der Waals surface area contributed by atoms with Crippen LogP contribution in [0.3, 0.4) is 0 Å². The largest absolute Gasteiger partial charge is 0.506 e. The second kappa shape index (κ2) is 8.85. The Kier molecular flexibility index (Phi) is 5.77. The number of anilines is 1. The van der Waals surface area contributed by atoms with Gasteiger partial charge in [-0.05, 0) is 42.8 Å². The summed E-state index contributed by atoms with van der Waals surface area (Å²) in [5, 5.41) is 10.9. The van der Waals surface area contributed by atoms with Crippen LogP contribution in [0.25, 0.3) is 11.0 Å². The van der Waals surface area contributed by atoms with Crippen molar-refractivity contribution in [1.29, 1.82) is 0 Å². The lowest BCUT2D eigenvalue weighted by atomic mass is 10.1. The Bertz CT molecular complexity index is 1220. The highest BCUT2D eigenvalue weighted by Crippen LogP contribution is 2.31. The Labute approximate surface area is 193 Å². The number of imidazole rings is 1. The quantitative estimate of drug-likeness (QED) is 0.450. The molecule has 32 heavy (non-hydrogen) atoms. The molecule has 5 rings (SSSR count). The maximum atomic E-state index is 10.2. The Morgan fingerprint density at radius 1 is 0.938 bits per heavy atom. The van der Waals surface area contributed by atoms with Crippen LogP contribution in [0, 0.1) is 0 Å². The van der Waals surface area contributed by atoms with Gasteiger partial charge in [0.15, 0.2) is 0 Å². The number of phenolic OH excluding ortho intramolecular Hbond substituents is 1. The summed E-state index contributed by atoms with van der Waals surface area (Å²) in [6.45, 7) is 6.56. The number of aromatic nitrogens is 2. The molecular weight excluding hydrogens is 420 g/mol. The van der Waals surface area contributed by atoms with E-state index in [2.05, 4.69) is 51.6 Å². The summed E-state index contributed by atoms with van der Waals surface area (Å²) in [7, 11) is 0. The van der Waals surface area contributed by atoms with E-state index in [-0.39, 0.29) is 6.04 Å². The van der Waals surface area contributed by atoms with Crippen molar-refractivity contribution < 1.29 is 5.11 Å². The molecule has 1 fully saturated rings. The monoisotopic (exact) mass is 446 g/mol. The number of fused-ring (bicyclic) bond motifs is 1. The van der Waals surface area contributed by atoms with Crippen LogP contribution in [-0.2, 0) is 6.54 Å². The third-order valence-corrected chi connectivity index (χ3v) is 6.62. The van der Waals surface area contributed by atoms with Crippen LogP contribution in [0.4, 0.5) is 5.69 Å². The summed E-state index contributed by atoms with van der Waals surface area (Å²) in [6, 6.07) is 24.2. The minimum absolute atomic E-state index is 0.163. The fraction of sp³-hybridized carbons (Fsp3) is 0.269. The molecule has 1 N–H and O–H groups in total. The van der Waals surface area contributed by atoms with Gasteiger partial charge in [0.2, 0.25) is 0 Å². The third-order valence-electron chi connectivity index (χ3n) is 6.38. The first-order valence-electron chi connectivity index (χ1n) is 11.1. The van der Waals surface area contributed by atoms with Gasteiger partial charge < -0.3 is 14.6 Å². The van der Waals surface area contributed by atoms with Crippen LogP contribution in [-0.4, -0.2) is 45.7 Å². The number of rotatable bonds is 5. The summed E-state index contributed by atoms with van der Waals surface area (Å²) < 4.78 is 2.32. The lowest BCUT2D eigenvalue weighted by Crippen LogP contribution is -2.47. The zero-order chi connectivity index (χ0) is 22.1. The molecule has 1 aliphatic rings. The molecule has 0 radical (unpaired) electrons. The van der Waals surface area contributed by atoms with E-state index in [1.807, 2.05) is 36.4 Å². The Morgan fingerprint density at radius 2 is 1.66 bits per heavy atom. The van der Waals surface area contributed by atoms with Crippen LogP contribution in [0.2, 0.25) is 5.02 Å². The SMILES string of the molecule is C[C@H](c1nc2cc(Cl)ccc2n1Cc1ccccc1)N1CCN(c2ccccc2O)CC1. The van der Waals surface area contributed by atoms with Crippen LogP contribution in [0.15, 0.2) is 72.8 Å². The number of benzene rings is 3. The van der Waals surface area contributed by atoms with Crippen molar-refractivity contribution in [2.45, 2.75) is 19.5 Å². The number of piperazine rings is 1. The average Bonchev–Trinajstić information content (AvgIpc) is 3.17. The molecule has 0 bridgehead atoms. The molecule has 1 aromatic heterocycles. The van der Waals surface area contributed by atoms with Gasteiger partial charge in [-0.25, -0.2) is 4.98 Å². The van der Waals surface area contributed by atoms with E-state index < -0.39 is 0 Å². The van der Waals surface area contributed by atoms with Crippen molar-refractivity contribution in [2.75, 3.05) is 31.1 Å². The highest BCUT2D eigenvalue weighted by Gasteiger charge is 2.27. The summed E-state index contributed by atoms with van der Waals surface area (Å²) in [5.74, 6) is 1.40. The van der Waals surface area contributed by atoms with E-state index in [9.17, 15) is 5.11 Å². The molecule has 3 aromatic carbocycles. The number of phenols is 1. The van der Waals surface area contributed by atoms with Crippen LogP contribution in [0.1, 0.15) is 24.4 Å². The zero-order valence-corrected chi connectivity index (χ0v) is 18.9. The molecule has 1 saturated heterocycles. The fourth-order valence-electron chi connectivity index (χ4n) is 4.62. The van der Waals surface area contributed by atoms with Gasteiger partial charge in [0.05, 0.1) is 22.8 Å². The van der Waals surface area contributed by atoms with E-state index >= 15 is 0 Å². The molecule has 5 nitrogen and oxygen atoms in total. The van der Waals surface area contributed by atoms with Crippen LogP contribution >= 0.6 is 11.6 Å². The predicted octanol–water partition coefficient (Wildman–Crippen LogP) is 5.33. The van der Waals surface area contributed by atoms with Gasteiger partial charge in [-0.1, -0.05) is 54.1 Å². The van der Waals surface area contributed by atoms with Crippen molar-refractivity contribution in [3.63, 3.8) is 0 Å². The summed E-state index contributed by atoms with van der Waals surface area (Å²) >= 11 is 6.27. The van der Waals surface area contributed by atoms with Crippen molar-refractivity contribution in [3.05, 3.63) is 89.2 Å². The second-order valence-corrected chi connectivity index (χ2v) is 8.80. The molecule has 6 heteroatoms. The summed E-state index contributed by atoms with van der Waals surface area (Å²) in [5.41, 5.74) is 4.20. The number of hydrogen-bond donors (Lipinski definition) is 1. The molecule has 4 aromatic rings. The summed E-state index contributed by atoms with van der Waals surface area (Å²) in [4.78, 5) is 9.75. The standard InChI is InChI=1S/C26H27ClN4O/c1-19(29-13-15-30(16-14-29)24-9-5-6-10-25(24)32)26-28-22-17-21(27)11-12-23(22)31(26)18-20-7-3-2-4-8-20/h2-12,17,19,32H,13-16,18H2,1H3/t19-/m1/s1. The Morgan fingerprint density at radius 3 is 2.41 bits per heavy atom. The molecule has 2 heterocycles. The zero-order valence-electron chi connectivity index (χ0n) is 18.2. The maximum Gasteiger partial charge on any atom is 0.138 e. The molecular formula is C26H27ClN4O. The molecule has 0 unspecified atom stereocenters. The molecule has 1 atom stereocenters. The number of aromatic hydroxyl groups is 1. The van der Waals surface area contributed by atoms with Crippen molar-refractivity contribution in [2.24, 2.45) is 0 Å². The third kappa shape index (κ3) is 4.06. The smallest absolute Gasteiger partial charge is 0.138 e. The maximum absolute atomic E-state index is 10.2. The fourth-order valence-corrected chi connectivity index (χ4v) is 4.78. The average molecular weight is 447 g/mol. The highest BCUT2D eigenvalue weighted by molar-refractivity contribution is 6.31. The minimum atomic E-state index is 0.163. The van der Waals surface area contributed by atoms with E-state index in [1.165, 1.54) is 5.56 Å². The number of nitrogens with zero attached hydrogens (tertiary/aromatic N) is 4. The molecule has 0 saturated carbocycles. The van der Waals surface area contributed by atoms with Crippen molar-refractivity contribution in [1.82, 2.24) is 14.5 Å². The lowest BCUT2D eigenvalue weighted by Gasteiger charge is -2.39. The highest BCUT2D eigenvalue weighted by atomic mass is 35.5. The number of hydrogen-bond acceptors (Lipinski definition) is 4. The predicted molar refractivity (Wildman–Crippen MR) is 131 cm³/mol. The van der Waals surface area contributed by atoms with Gasteiger partial charge in [-0.15, -0.1) is 0 Å². The van der Waals surface area contributed by atoms with Gasteiger partial charge in [0, 0.05) is 37.7 Å². The lowest BCUT2D eigenvalue weighted by molar-refractivity contribution is 0.188. The number of halogens is 1. The second-order valence-electron chi connectivity index (χ2n) is 8.36. The first-order valence-corrected chi connectivity index (χ1v) is 11.4. The Hall–Kier alpha value is -3.02. The van der Waals surface area contributed by atoms with E-state index in [4.69, 9.17) is 16.6 Å². The topological polar surface area (TPSA) is 44.5 Å². The molecule has 1 aliphatic heterocycles. The van der Waals surface area contributed by atoms with Crippen molar-refractivity contribution >= 4 is 28.3 Å². The van der Waals surface area contributed by atoms with Crippen LogP contribution in [0.5, 0.6) is 5.75 Å². The van der Waals surface area contributed by atoms with Gasteiger partial charge in [0.1, 0.15) is 11.6 Å². The molecule has 164 valence electrons. The number of para-hydroxylation sites is 2. The van der Waals surface area contributed by atoms with E-state index in [0.717, 1.165) is 55.3 Å². The summed E-state index contributed by atoms with van der Waals surface area (Å²) in [6.07, 6.45) is 0. The van der Waals surface area contributed by atoms with Crippen LogP contribution < -0.4 is 4.90 Å². The van der Waals surface area contributed by atoms with E-state index in [1.54, 1.807) is 6.07 Å².